The summed E-state index contributed by atoms with van der Waals surface area (Å²) >= 11 is 0. The second-order valence-corrected chi connectivity index (χ2v) is 11.6. The smallest absolute Gasteiger partial charge is 0.142 e. The van der Waals surface area contributed by atoms with Gasteiger partial charge < -0.3 is 14.4 Å². The number of hydrogen-bond acceptors (Lipinski definition) is 3. The van der Waals surface area contributed by atoms with E-state index >= 15 is 0 Å². The molecule has 0 aromatic heterocycles. The minimum Gasteiger partial charge on any atom is -0.490 e. The molecule has 4 atom stereocenters. The van der Waals surface area contributed by atoms with Crippen molar-refractivity contribution in [1.82, 2.24) is 0 Å². The molecule has 0 amide bonds. The molecule has 3 aliphatic rings. The SMILES string of the molecule is CC[C@H]1O[C@@H](c2ccc(C3CC3)c(Cc3ccc4c(c3)N(Cc3ccccc3)CCO4)c2)C[C@@H](C)[C@@H]1C. The maximum absolute atomic E-state index is 6.65. The standard InChI is InChI=1S/C34H41NO2/c1-4-32-24(3)23(2)18-34(37-32)28-13-14-30(27-11-12-27)29(21-28)19-26-10-15-33-31(20-26)35(16-17-36-33)22-25-8-6-5-7-9-25/h5-10,13-15,20-21,23-24,27,32,34H,4,11-12,16-19,22H2,1-3H3/t23-,24+,32-,34-/m1/s1. The maximum atomic E-state index is 6.65. The first-order valence-electron chi connectivity index (χ1n) is 14.4. The van der Waals surface area contributed by atoms with Gasteiger partial charge in [0.2, 0.25) is 0 Å². The molecule has 2 fully saturated rings. The van der Waals surface area contributed by atoms with Crippen LogP contribution in [0.25, 0.3) is 0 Å². The van der Waals surface area contributed by atoms with Gasteiger partial charge in [0.1, 0.15) is 12.4 Å². The Labute approximate surface area is 222 Å². The van der Waals surface area contributed by atoms with Crippen LogP contribution in [-0.4, -0.2) is 19.3 Å². The first kappa shape index (κ1) is 24.6. The number of fused-ring (bicyclic) bond motifs is 1. The fraction of sp³-hybridized carbons (Fsp3) is 0.471. The molecule has 0 spiro atoms. The lowest BCUT2D eigenvalue weighted by Gasteiger charge is -2.39. The molecule has 194 valence electrons. The fourth-order valence-corrected chi connectivity index (χ4v) is 6.38. The molecule has 0 radical (unpaired) electrons. The molecular weight excluding hydrogens is 454 g/mol. The van der Waals surface area contributed by atoms with Gasteiger partial charge in [-0.15, -0.1) is 0 Å². The van der Waals surface area contributed by atoms with E-state index in [9.17, 15) is 0 Å². The summed E-state index contributed by atoms with van der Waals surface area (Å²) < 4.78 is 12.7. The summed E-state index contributed by atoms with van der Waals surface area (Å²) in [6.45, 7) is 9.60. The Balaban J connectivity index is 1.27. The molecule has 3 nitrogen and oxygen atoms in total. The number of nitrogens with zero attached hydrogens (tertiary/aromatic N) is 1. The Morgan fingerprint density at radius 1 is 0.919 bits per heavy atom. The van der Waals surface area contributed by atoms with Gasteiger partial charge in [-0.1, -0.05) is 75.4 Å². The Morgan fingerprint density at radius 3 is 2.54 bits per heavy atom. The predicted octanol–water partition coefficient (Wildman–Crippen LogP) is 8.07. The van der Waals surface area contributed by atoms with Crippen molar-refractivity contribution in [3.05, 3.63) is 94.5 Å². The van der Waals surface area contributed by atoms with E-state index in [0.717, 1.165) is 50.6 Å². The van der Waals surface area contributed by atoms with Gasteiger partial charge in [-0.05, 0) is 89.8 Å². The zero-order valence-electron chi connectivity index (χ0n) is 22.7. The van der Waals surface area contributed by atoms with Crippen molar-refractivity contribution in [2.45, 2.75) is 77.5 Å². The molecular formula is C34H41NO2. The molecule has 37 heavy (non-hydrogen) atoms. The minimum absolute atomic E-state index is 0.210. The lowest BCUT2D eigenvalue weighted by atomic mass is 9.80. The van der Waals surface area contributed by atoms with Crippen LogP contribution in [0.1, 0.15) is 86.3 Å². The molecule has 3 aromatic rings. The van der Waals surface area contributed by atoms with Crippen LogP contribution in [0, 0.1) is 11.8 Å². The monoisotopic (exact) mass is 495 g/mol. The summed E-state index contributed by atoms with van der Waals surface area (Å²) in [5.41, 5.74) is 8.31. The molecule has 2 aliphatic heterocycles. The number of anilines is 1. The van der Waals surface area contributed by atoms with Crippen molar-refractivity contribution in [2.24, 2.45) is 11.8 Å². The van der Waals surface area contributed by atoms with E-state index in [0.29, 0.717) is 17.9 Å². The summed E-state index contributed by atoms with van der Waals surface area (Å²) in [6, 6.07) is 24.8. The second-order valence-electron chi connectivity index (χ2n) is 11.6. The summed E-state index contributed by atoms with van der Waals surface area (Å²) in [7, 11) is 0. The molecule has 1 saturated carbocycles. The van der Waals surface area contributed by atoms with E-state index in [-0.39, 0.29) is 6.10 Å². The first-order valence-corrected chi connectivity index (χ1v) is 14.4. The van der Waals surface area contributed by atoms with E-state index in [1.54, 1.807) is 5.56 Å². The highest BCUT2D eigenvalue weighted by Crippen LogP contribution is 2.45. The van der Waals surface area contributed by atoms with Gasteiger partial charge in [-0.25, -0.2) is 0 Å². The maximum Gasteiger partial charge on any atom is 0.142 e. The van der Waals surface area contributed by atoms with Crippen LogP contribution in [-0.2, 0) is 17.7 Å². The summed E-state index contributed by atoms with van der Waals surface area (Å²) in [5, 5.41) is 0. The fourth-order valence-electron chi connectivity index (χ4n) is 6.38. The Kier molecular flexibility index (Phi) is 6.99. The van der Waals surface area contributed by atoms with E-state index in [2.05, 4.69) is 92.4 Å². The third kappa shape index (κ3) is 5.29. The Morgan fingerprint density at radius 2 is 1.76 bits per heavy atom. The number of rotatable bonds is 7. The average molecular weight is 496 g/mol. The van der Waals surface area contributed by atoms with Gasteiger partial charge in [0.15, 0.2) is 0 Å². The van der Waals surface area contributed by atoms with Crippen LogP contribution in [0.5, 0.6) is 5.75 Å². The van der Waals surface area contributed by atoms with Crippen LogP contribution < -0.4 is 9.64 Å². The van der Waals surface area contributed by atoms with Crippen molar-refractivity contribution in [3.63, 3.8) is 0 Å². The lowest BCUT2D eigenvalue weighted by molar-refractivity contribution is -0.104. The van der Waals surface area contributed by atoms with Crippen molar-refractivity contribution < 1.29 is 9.47 Å². The van der Waals surface area contributed by atoms with Gasteiger partial charge in [-0.2, -0.15) is 0 Å². The molecule has 1 aliphatic carbocycles. The van der Waals surface area contributed by atoms with Crippen LogP contribution in [0.4, 0.5) is 5.69 Å². The largest absolute Gasteiger partial charge is 0.490 e. The molecule has 3 aromatic carbocycles. The highest BCUT2D eigenvalue weighted by molar-refractivity contribution is 5.62. The van der Waals surface area contributed by atoms with E-state index in [1.165, 1.54) is 40.8 Å². The van der Waals surface area contributed by atoms with E-state index in [1.807, 2.05) is 0 Å². The number of hydrogen-bond donors (Lipinski definition) is 0. The molecule has 2 heterocycles. The van der Waals surface area contributed by atoms with Gasteiger partial charge in [0.05, 0.1) is 24.4 Å². The summed E-state index contributed by atoms with van der Waals surface area (Å²) in [6.07, 6.45) is 6.37. The van der Waals surface area contributed by atoms with Crippen molar-refractivity contribution in [2.75, 3.05) is 18.1 Å². The van der Waals surface area contributed by atoms with E-state index < -0.39 is 0 Å². The van der Waals surface area contributed by atoms with Crippen LogP contribution >= 0.6 is 0 Å². The van der Waals surface area contributed by atoms with Gasteiger partial charge in [-0.3, -0.25) is 0 Å². The van der Waals surface area contributed by atoms with Crippen LogP contribution in [0.2, 0.25) is 0 Å². The predicted molar refractivity (Wildman–Crippen MR) is 152 cm³/mol. The van der Waals surface area contributed by atoms with Crippen molar-refractivity contribution in [3.8, 4) is 5.75 Å². The highest BCUT2D eigenvalue weighted by atomic mass is 16.5. The Bertz CT molecular complexity index is 1220. The van der Waals surface area contributed by atoms with Crippen LogP contribution in [0.3, 0.4) is 0 Å². The van der Waals surface area contributed by atoms with Crippen molar-refractivity contribution >= 4 is 5.69 Å². The summed E-state index contributed by atoms with van der Waals surface area (Å²) in [5.74, 6) is 3.05. The quantitative estimate of drug-likeness (QED) is 0.331. The normalized spacial score (nSPS) is 25.4. The van der Waals surface area contributed by atoms with Gasteiger partial charge >= 0.3 is 0 Å². The third-order valence-corrected chi connectivity index (χ3v) is 8.96. The first-order chi connectivity index (χ1) is 18.1. The zero-order chi connectivity index (χ0) is 25.4. The number of benzene rings is 3. The average Bonchev–Trinajstić information content (AvgIpc) is 3.77. The molecule has 0 bridgehead atoms. The number of ether oxygens (including phenoxy) is 2. The molecule has 1 saturated heterocycles. The summed E-state index contributed by atoms with van der Waals surface area (Å²) in [4.78, 5) is 2.47. The Hall–Kier alpha value is -2.78. The third-order valence-electron chi connectivity index (χ3n) is 8.96. The minimum atomic E-state index is 0.210. The van der Waals surface area contributed by atoms with E-state index in [4.69, 9.17) is 9.47 Å². The molecule has 0 unspecified atom stereocenters. The topological polar surface area (TPSA) is 21.7 Å². The van der Waals surface area contributed by atoms with Gasteiger partial charge in [0.25, 0.3) is 0 Å². The second kappa shape index (κ2) is 10.5. The molecule has 6 rings (SSSR count). The molecule has 3 heteroatoms. The lowest BCUT2D eigenvalue weighted by Crippen LogP contribution is -2.34. The van der Waals surface area contributed by atoms with Crippen LogP contribution in [0.15, 0.2) is 66.7 Å². The van der Waals surface area contributed by atoms with Gasteiger partial charge in [0, 0.05) is 6.54 Å². The highest BCUT2D eigenvalue weighted by Gasteiger charge is 2.34. The molecule has 0 N–H and O–H groups in total. The van der Waals surface area contributed by atoms with Crippen molar-refractivity contribution in [1.29, 1.82) is 0 Å². The zero-order valence-corrected chi connectivity index (χ0v) is 22.7.